The van der Waals surface area contributed by atoms with Crippen molar-refractivity contribution in [1.29, 1.82) is 5.26 Å². The molecule has 7 nitrogen and oxygen atoms in total. The van der Waals surface area contributed by atoms with Crippen molar-refractivity contribution in [2.24, 2.45) is 5.92 Å². The van der Waals surface area contributed by atoms with E-state index in [0.29, 0.717) is 11.7 Å². The highest BCUT2D eigenvalue weighted by Gasteiger charge is 2.26. The third-order valence-corrected chi connectivity index (χ3v) is 3.48. The summed E-state index contributed by atoms with van der Waals surface area (Å²) in [6, 6.07) is 3.18. The zero-order chi connectivity index (χ0) is 14.5. The topological polar surface area (TPSA) is 95.1 Å². The van der Waals surface area contributed by atoms with E-state index in [1.807, 2.05) is 18.0 Å². The molecule has 2 rings (SSSR count). The fourth-order valence-corrected chi connectivity index (χ4v) is 2.60. The first-order valence-corrected chi connectivity index (χ1v) is 6.59. The van der Waals surface area contributed by atoms with Crippen molar-refractivity contribution in [1.82, 2.24) is 10.3 Å². The van der Waals surface area contributed by atoms with Gasteiger partial charge in [0.25, 0.3) is 0 Å². The van der Waals surface area contributed by atoms with Crippen LogP contribution < -0.4 is 10.2 Å². The van der Waals surface area contributed by atoms with Gasteiger partial charge >= 0.3 is 5.69 Å². The van der Waals surface area contributed by atoms with Crippen LogP contribution in [0.2, 0.25) is 0 Å². The predicted molar refractivity (Wildman–Crippen MR) is 74.5 cm³/mol. The SMILES string of the molecule is CNCC1CCCN(c2ncc(C#N)cc2[N+](=O)[O-])C1. The van der Waals surface area contributed by atoms with Crippen molar-refractivity contribution in [3.05, 3.63) is 27.9 Å². The van der Waals surface area contributed by atoms with Gasteiger partial charge in [-0.25, -0.2) is 4.98 Å². The molecule has 0 bridgehead atoms. The number of nitriles is 1. The lowest BCUT2D eigenvalue weighted by Gasteiger charge is -2.33. The van der Waals surface area contributed by atoms with Crippen molar-refractivity contribution in [3.63, 3.8) is 0 Å². The molecule has 106 valence electrons. The Hall–Kier alpha value is -2.20. The van der Waals surface area contributed by atoms with Gasteiger partial charge in [-0.1, -0.05) is 0 Å². The second-order valence-electron chi connectivity index (χ2n) is 4.95. The van der Waals surface area contributed by atoms with Gasteiger partial charge in [-0.3, -0.25) is 10.1 Å². The summed E-state index contributed by atoms with van der Waals surface area (Å²) in [5, 5.41) is 23.1. The van der Waals surface area contributed by atoms with E-state index in [1.165, 1.54) is 12.3 Å². The molecule has 0 radical (unpaired) electrons. The van der Waals surface area contributed by atoms with Gasteiger partial charge in [0.15, 0.2) is 0 Å². The van der Waals surface area contributed by atoms with Gasteiger partial charge in [0.1, 0.15) is 6.07 Å². The highest BCUT2D eigenvalue weighted by molar-refractivity contribution is 5.60. The Labute approximate surface area is 117 Å². The minimum atomic E-state index is -0.467. The summed E-state index contributed by atoms with van der Waals surface area (Å²) in [7, 11) is 1.90. The minimum Gasteiger partial charge on any atom is -0.351 e. The Morgan fingerprint density at radius 1 is 1.70 bits per heavy atom. The van der Waals surface area contributed by atoms with Gasteiger partial charge in [-0.05, 0) is 32.4 Å². The maximum atomic E-state index is 11.2. The van der Waals surface area contributed by atoms with Crippen LogP contribution in [0.15, 0.2) is 12.3 Å². The number of aromatic nitrogens is 1. The summed E-state index contributed by atoms with van der Waals surface area (Å²) in [5.41, 5.74) is 0.124. The number of hydrogen-bond donors (Lipinski definition) is 1. The first-order valence-electron chi connectivity index (χ1n) is 6.59. The fourth-order valence-electron chi connectivity index (χ4n) is 2.60. The van der Waals surface area contributed by atoms with E-state index in [2.05, 4.69) is 10.3 Å². The Morgan fingerprint density at radius 3 is 3.15 bits per heavy atom. The van der Waals surface area contributed by atoms with Crippen molar-refractivity contribution >= 4 is 11.5 Å². The van der Waals surface area contributed by atoms with E-state index in [1.54, 1.807) is 0 Å². The molecule has 1 saturated heterocycles. The van der Waals surface area contributed by atoms with Crippen molar-refractivity contribution in [2.45, 2.75) is 12.8 Å². The molecular formula is C13H17N5O2. The van der Waals surface area contributed by atoms with E-state index in [0.717, 1.165) is 32.5 Å². The average molecular weight is 275 g/mol. The molecule has 7 heteroatoms. The number of nitrogens with zero attached hydrogens (tertiary/aromatic N) is 4. The smallest absolute Gasteiger partial charge is 0.312 e. The van der Waals surface area contributed by atoms with Crippen LogP contribution in [-0.2, 0) is 0 Å². The standard InChI is InChI=1S/C13H17N5O2/c1-15-7-10-3-2-4-17(9-10)13-12(18(19)20)5-11(6-14)8-16-13/h5,8,10,15H,2-4,7,9H2,1H3. The molecule has 0 spiro atoms. The number of nitro groups is 1. The number of nitrogens with one attached hydrogen (secondary N) is 1. The van der Waals surface area contributed by atoms with Crippen LogP contribution in [0.25, 0.3) is 0 Å². The number of pyridine rings is 1. The largest absolute Gasteiger partial charge is 0.351 e. The zero-order valence-corrected chi connectivity index (χ0v) is 11.4. The van der Waals surface area contributed by atoms with Crippen molar-refractivity contribution in [2.75, 3.05) is 31.6 Å². The van der Waals surface area contributed by atoms with Crippen LogP contribution in [0, 0.1) is 27.4 Å². The number of piperidine rings is 1. The molecule has 20 heavy (non-hydrogen) atoms. The van der Waals surface area contributed by atoms with E-state index in [4.69, 9.17) is 5.26 Å². The summed E-state index contributed by atoms with van der Waals surface area (Å²) in [6.07, 6.45) is 3.50. The molecule has 0 amide bonds. The van der Waals surface area contributed by atoms with Crippen LogP contribution in [0.4, 0.5) is 11.5 Å². The van der Waals surface area contributed by atoms with Crippen LogP contribution in [0.3, 0.4) is 0 Å². The van der Waals surface area contributed by atoms with E-state index in [-0.39, 0.29) is 11.3 Å². The molecule has 1 aliphatic rings. The summed E-state index contributed by atoms with van der Waals surface area (Å²) in [5.74, 6) is 0.834. The maximum Gasteiger partial charge on any atom is 0.312 e. The highest BCUT2D eigenvalue weighted by Crippen LogP contribution is 2.29. The Kier molecular flexibility index (Phi) is 4.48. The quantitative estimate of drug-likeness (QED) is 0.657. The Morgan fingerprint density at radius 2 is 2.50 bits per heavy atom. The first-order chi connectivity index (χ1) is 9.65. The summed E-state index contributed by atoms with van der Waals surface area (Å²) < 4.78 is 0. The van der Waals surface area contributed by atoms with Crippen LogP contribution in [0.1, 0.15) is 18.4 Å². The normalized spacial score (nSPS) is 18.6. The lowest BCUT2D eigenvalue weighted by molar-refractivity contribution is -0.384. The summed E-state index contributed by atoms with van der Waals surface area (Å²) in [4.78, 5) is 16.8. The fraction of sp³-hybridized carbons (Fsp3) is 0.538. The molecule has 0 aliphatic carbocycles. The van der Waals surface area contributed by atoms with Gasteiger partial charge in [0.05, 0.1) is 10.5 Å². The average Bonchev–Trinajstić information content (AvgIpc) is 2.47. The van der Waals surface area contributed by atoms with Crippen LogP contribution in [0.5, 0.6) is 0 Å². The summed E-state index contributed by atoms with van der Waals surface area (Å²) in [6.45, 7) is 2.40. The molecule has 0 saturated carbocycles. The van der Waals surface area contributed by atoms with Crippen molar-refractivity contribution in [3.8, 4) is 6.07 Å². The van der Waals surface area contributed by atoms with Crippen LogP contribution in [-0.4, -0.2) is 36.6 Å². The van der Waals surface area contributed by atoms with E-state index >= 15 is 0 Å². The zero-order valence-electron chi connectivity index (χ0n) is 11.4. The molecule has 2 heterocycles. The number of anilines is 1. The lowest BCUT2D eigenvalue weighted by Crippen LogP contribution is -2.39. The Balaban J connectivity index is 2.27. The molecule has 1 N–H and O–H groups in total. The minimum absolute atomic E-state index is 0.0887. The van der Waals surface area contributed by atoms with Gasteiger partial charge in [0, 0.05) is 25.4 Å². The molecule has 1 aromatic rings. The third kappa shape index (κ3) is 3.03. The third-order valence-electron chi connectivity index (χ3n) is 3.48. The molecule has 1 fully saturated rings. The number of rotatable bonds is 4. The van der Waals surface area contributed by atoms with E-state index in [9.17, 15) is 10.1 Å². The van der Waals surface area contributed by atoms with Crippen LogP contribution >= 0.6 is 0 Å². The summed E-state index contributed by atoms with van der Waals surface area (Å²) >= 11 is 0. The van der Waals surface area contributed by atoms with Gasteiger partial charge in [-0.2, -0.15) is 5.26 Å². The Bertz CT molecular complexity index is 538. The van der Waals surface area contributed by atoms with Gasteiger partial charge < -0.3 is 10.2 Å². The second kappa shape index (κ2) is 6.30. The molecule has 1 aliphatic heterocycles. The van der Waals surface area contributed by atoms with Gasteiger partial charge in [0.2, 0.25) is 5.82 Å². The molecule has 1 atom stereocenters. The highest BCUT2D eigenvalue weighted by atomic mass is 16.6. The maximum absolute atomic E-state index is 11.2. The monoisotopic (exact) mass is 275 g/mol. The lowest BCUT2D eigenvalue weighted by atomic mass is 9.98. The van der Waals surface area contributed by atoms with Gasteiger partial charge in [-0.15, -0.1) is 0 Å². The van der Waals surface area contributed by atoms with E-state index < -0.39 is 4.92 Å². The number of hydrogen-bond acceptors (Lipinski definition) is 6. The molecule has 1 unspecified atom stereocenters. The molecular weight excluding hydrogens is 258 g/mol. The second-order valence-corrected chi connectivity index (χ2v) is 4.95. The predicted octanol–water partition coefficient (Wildman–Crippen LogP) is 1.30. The first kappa shape index (κ1) is 14.2. The molecule has 1 aromatic heterocycles. The van der Waals surface area contributed by atoms with Crippen molar-refractivity contribution < 1.29 is 4.92 Å². The molecule has 0 aromatic carbocycles.